The molecule has 1 aliphatic heterocycles. The smallest absolute Gasteiger partial charge is 0.321 e. The minimum absolute atomic E-state index is 0.0469. The SMILES string of the molecule is Cc1ccc(N2C(=O)CS/C2=C(\C#N)C(=O)Nc2cccc(C(F)(F)F)c2)cc1. The highest BCUT2D eigenvalue weighted by atomic mass is 32.2. The predicted octanol–water partition coefficient (Wildman–Crippen LogP) is 4.47. The molecule has 0 spiro atoms. The number of hydrogen-bond acceptors (Lipinski definition) is 4. The topological polar surface area (TPSA) is 73.2 Å². The maximum atomic E-state index is 12.9. The Hall–Kier alpha value is -3.25. The molecule has 0 aliphatic carbocycles. The normalized spacial score (nSPS) is 15.8. The van der Waals surface area contributed by atoms with E-state index >= 15 is 0 Å². The van der Waals surface area contributed by atoms with E-state index in [9.17, 15) is 28.0 Å². The summed E-state index contributed by atoms with van der Waals surface area (Å²) in [5.74, 6) is -1.14. The number of carbonyl (C=O) groups excluding carboxylic acids is 2. The van der Waals surface area contributed by atoms with Gasteiger partial charge in [-0.15, -0.1) is 0 Å². The van der Waals surface area contributed by atoms with Crippen molar-refractivity contribution in [3.05, 3.63) is 70.3 Å². The molecule has 2 aromatic carbocycles. The van der Waals surface area contributed by atoms with Gasteiger partial charge in [-0.25, -0.2) is 0 Å². The number of hydrogen-bond donors (Lipinski definition) is 1. The predicted molar refractivity (Wildman–Crippen MR) is 104 cm³/mol. The number of alkyl halides is 3. The van der Waals surface area contributed by atoms with Crippen LogP contribution in [0.3, 0.4) is 0 Å². The van der Waals surface area contributed by atoms with Gasteiger partial charge in [0.05, 0.1) is 11.3 Å². The Morgan fingerprint density at radius 3 is 2.52 bits per heavy atom. The fourth-order valence-corrected chi connectivity index (χ4v) is 3.68. The number of nitrogens with one attached hydrogen (secondary N) is 1. The second-order valence-corrected chi connectivity index (χ2v) is 7.14. The highest BCUT2D eigenvalue weighted by Gasteiger charge is 2.34. The lowest BCUT2D eigenvalue weighted by atomic mass is 10.2. The molecular weight excluding hydrogens is 403 g/mol. The Morgan fingerprint density at radius 2 is 1.90 bits per heavy atom. The molecule has 9 heteroatoms. The van der Waals surface area contributed by atoms with Crippen LogP contribution >= 0.6 is 11.8 Å². The molecular formula is C20H14F3N3O2S. The first-order valence-electron chi connectivity index (χ1n) is 8.36. The summed E-state index contributed by atoms with van der Waals surface area (Å²) in [7, 11) is 0. The van der Waals surface area contributed by atoms with Crippen molar-refractivity contribution in [2.24, 2.45) is 0 Å². The average molecular weight is 417 g/mol. The van der Waals surface area contributed by atoms with Gasteiger partial charge in [-0.1, -0.05) is 35.5 Å². The van der Waals surface area contributed by atoms with Gasteiger partial charge in [-0.05, 0) is 37.3 Å². The van der Waals surface area contributed by atoms with Crippen LogP contribution < -0.4 is 10.2 Å². The third-order valence-electron chi connectivity index (χ3n) is 4.08. The monoisotopic (exact) mass is 417 g/mol. The van der Waals surface area contributed by atoms with Crippen LogP contribution in [-0.4, -0.2) is 17.6 Å². The van der Waals surface area contributed by atoms with Crippen LogP contribution in [0.25, 0.3) is 0 Å². The number of carbonyl (C=O) groups is 2. The molecule has 148 valence electrons. The fourth-order valence-electron chi connectivity index (χ4n) is 2.67. The number of anilines is 2. The number of halogens is 3. The van der Waals surface area contributed by atoms with E-state index in [-0.39, 0.29) is 27.9 Å². The molecule has 1 aliphatic rings. The maximum Gasteiger partial charge on any atom is 0.416 e. The van der Waals surface area contributed by atoms with E-state index in [0.717, 1.165) is 35.5 Å². The molecule has 0 unspecified atom stereocenters. The van der Waals surface area contributed by atoms with Crippen molar-refractivity contribution in [1.82, 2.24) is 0 Å². The molecule has 1 fully saturated rings. The number of rotatable bonds is 3. The largest absolute Gasteiger partial charge is 0.416 e. The van der Waals surface area contributed by atoms with Gasteiger partial charge >= 0.3 is 6.18 Å². The summed E-state index contributed by atoms with van der Waals surface area (Å²) < 4.78 is 38.6. The molecule has 29 heavy (non-hydrogen) atoms. The summed E-state index contributed by atoms with van der Waals surface area (Å²) in [6, 6.07) is 12.8. The van der Waals surface area contributed by atoms with Crippen molar-refractivity contribution in [2.75, 3.05) is 16.0 Å². The molecule has 1 saturated heterocycles. The van der Waals surface area contributed by atoms with Crippen molar-refractivity contribution in [3.63, 3.8) is 0 Å². The second-order valence-electron chi connectivity index (χ2n) is 6.18. The first kappa shape index (κ1) is 20.5. The lowest BCUT2D eigenvalue weighted by molar-refractivity contribution is -0.137. The van der Waals surface area contributed by atoms with Crippen LogP contribution in [0.5, 0.6) is 0 Å². The summed E-state index contributed by atoms with van der Waals surface area (Å²) in [5.41, 5.74) is 0.1000. The highest BCUT2D eigenvalue weighted by molar-refractivity contribution is 8.04. The Balaban J connectivity index is 1.94. The molecule has 1 heterocycles. The first-order chi connectivity index (χ1) is 13.7. The zero-order chi connectivity index (χ0) is 21.2. The third-order valence-corrected chi connectivity index (χ3v) is 5.13. The minimum Gasteiger partial charge on any atom is -0.321 e. The van der Waals surface area contributed by atoms with E-state index in [1.165, 1.54) is 11.0 Å². The number of thioether (sulfide) groups is 1. The van der Waals surface area contributed by atoms with E-state index in [0.29, 0.717) is 5.69 Å². The maximum absolute atomic E-state index is 12.9. The van der Waals surface area contributed by atoms with Crippen molar-refractivity contribution in [3.8, 4) is 6.07 Å². The zero-order valence-electron chi connectivity index (χ0n) is 15.1. The molecule has 3 rings (SSSR count). The van der Waals surface area contributed by atoms with Crippen LogP contribution in [0, 0.1) is 18.3 Å². The second kappa shape index (κ2) is 8.01. The fraction of sp³-hybridized carbons (Fsp3) is 0.150. The lowest BCUT2D eigenvalue weighted by Crippen LogP contribution is -2.27. The quantitative estimate of drug-likeness (QED) is 0.591. The molecule has 0 saturated carbocycles. The van der Waals surface area contributed by atoms with Gasteiger partial charge in [-0.3, -0.25) is 14.5 Å². The minimum atomic E-state index is -4.56. The Labute approximate surface area is 168 Å². The van der Waals surface area contributed by atoms with Crippen LogP contribution in [0.15, 0.2) is 59.1 Å². The third kappa shape index (κ3) is 4.43. The number of nitriles is 1. The van der Waals surface area contributed by atoms with Crippen LogP contribution in [0.1, 0.15) is 11.1 Å². The van der Waals surface area contributed by atoms with Crippen LogP contribution in [-0.2, 0) is 15.8 Å². The Kier molecular flexibility index (Phi) is 5.66. The molecule has 0 atom stereocenters. The van der Waals surface area contributed by atoms with Crippen molar-refractivity contribution in [2.45, 2.75) is 13.1 Å². The van der Waals surface area contributed by atoms with Gasteiger partial charge in [0.25, 0.3) is 5.91 Å². The molecule has 5 nitrogen and oxygen atoms in total. The summed E-state index contributed by atoms with van der Waals surface area (Å²) in [6.45, 7) is 1.88. The van der Waals surface area contributed by atoms with Gasteiger partial charge < -0.3 is 5.32 Å². The number of benzene rings is 2. The van der Waals surface area contributed by atoms with E-state index in [4.69, 9.17) is 0 Å². The molecule has 0 radical (unpaired) electrons. The van der Waals surface area contributed by atoms with Gasteiger partial charge in [0, 0.05) is 11.4 Å². The number of amides is 2. The lowest BCUT2D eigenvalue weighted by Gasteiger charge is -2.18. The van der Waals surface area contributed by atoms with Gasteiger partial charge in [0.2, 0.25) is 5.91 Å². The highest BCUT2D eigenvalue weighted by Crippen LogP contribution is 2.36. The number of aryl methyl sites for hydroxylation is 1. The number of nitrogens with zero attached hydrogens (tertiary/aromatic N) is 2. The Bertz CT molecular complexity index is 1040. The summed E-state index contributed by atoms with van der Waals surface area (Å²) >= 11 is 1.03. The molecule has 2 amide bonds. The summed E-state index contributed by atoms with van der Waals surface area (Å²) in [6.07, 6.45) is -4.56. The zero-order valence-corrected chi connectivity index (χ0v) is 15.9. The van der Waals surface area contributed by atoms with Gasteiger partial charge in [-0.2, -0.15) is 18.4 Å². The molecule has 1 N–H and O–H groups in total. The standard InChI is InChI=1S/C20H14F3N3O2S/c1-12-5-7-15(8-6-12)26-17(27)11-29-19(26)16(10-24)18(28)25-14-4-2-3-13(9-14)20(21,22)23/h2-9H,11H2,1H3,(H,25,28)/b19-16+. The molecule has 2 aromatic rings. The van der Waals surface area contributed by atoms with Crippen molar-refractivity contribution < 1.29 is 22.8 Å². The van der Waals surface area contributed by atoms with Gasteiger partial charge in [0.1, 0.15) is 16.7 Å². The average Bonchev–Trinajstić information content (AvgIpc) is 3.04. The molecule has 0 bridgehead atoms. The van der Waals surface area contributed by atoms with Crippen molar-refractivity contribution in [1.29, 1.82) is 5.26 Å². The van der Waals surface area contributed by atoms with Gasteiger partial charge in [0.15, 0.2) is 0 Å². The summed E-state index contributed by atoms with van der Waals surface area (Å²) in [4.78, 5) is 26.2. The van der Waals surface area contributed by atoms with Crippen LogP contribution in [0.2, 0.25) is 0 Å². The van der Waals surface area contributed by atoms with E-state index in [1.54, 1.807) is 30.3 Å². The first-order valence-corrected chi connectivity index (χ1v) is 9.34. The Morgan fingerprint density at radius 1 is 1.21 bits per heavy atom. The summed E-state index contributed by atoms with van der Waals surface area (Å²) in [5, 5.41) is 12.0. The molecule has 0 aromatic heterocycles. The van der Waals surface area contributed by atoms with Crippen molar-refractivity contribution >= 4 is 35.0 Å². The van der Waals surface area contributed by atoms with E-state index in [2.05, 4.69) is 5.32 Å². The van der Waals surface area contributed by atoms with E-state index < -0.39 is 17.6 Å². The van der Waals surface area contributed by atoms with Crippen LogP contribution in [0.4, 0.5) is 24.5 Å². The van der Waals surface area contributed by atoms with E-state index in [1.807, 2.05) is 6.92 Å².